The van der Waals surface area contributed by atoms with E-state index < -0.39 is 0 Å². The minimum absolute atomic E-state index is 0.192. The minimum atomic E-state index is 0.192. The van der Waals surface area contributed by atoms with E-state index in [1.54, 1.807) is 0 Å². The molecular weight excluding hydrogens is 262 g/mol. The molecule has 1 aromatic heterocycles. The fraction of sp³-hybridized carbons (Fsp3) is 0.824. The monoisotopic (exact) mass is 291 g/mol. The average molecular weight is 291 g/mol. The largest absolute Gasteiger partial charge is 0.375 e. The maximum absolute atomic E-state index is 6.20. The molecule has 118 valence electrons. The normalized spacial score (nSPS) is 26.3. The molecule has 1 spiro atoms. The molecule has 1 saturated carbocycles. The summed E-state index contributed by atoms with van der Waals surface area (Å²) in [5, 5.41) is 8.14. The molecule has 1 aliphatic heterocycles. The number of ether oxygens (including phenoxy) is 1. The number of hydrogen-bond acceptors (Lipinski definition) is 3. The van der Waals surface area contributed by atoms with E-state index in [9.17, 15) is 0 Å². The van der Waals surface area contributed by atoms with Gasteiger partial charge < -0.3 is 10.1 Å². The number of nitrogens with one attached hydrogen (secondary N) is 1. The van der Waals surface area contributed by atoms with Crippen molar-refractivity contribution in [1.29, 1.82) is 0 Å². The van der Waals surface area contributed by atoms with Crippen molar-refractivity contribution < 1.29 is 4.74 Å². The highest BCUT2D eigenvalue weighted by molar-refractivity contribution is 5.13. The Balaban J connectivity index is 1.75. The van der Waals surface area contributed by atoms with Crippen LogP contribution >= 0.6 is 0 Å². The van der Waals surface area contributed by atoms with Gasteiger partial charge in [0.1, 0.15) is 0 Å². The molecule has 2 atom stereocenters. The molecular formula is C17H29N3O. The third kappa shape index (κ3) is 3.32. The van der Waals surface area contributed by atoms with Crippen molar-refractivity contribution in [3.05, 3.63) is 18.0 Å². The lowest BCUT2D eigenvalue weighted by Gasteiger charge is -2.41. The number of aromatic nitrogens is 2. The van der Waals surface area contributed by atoms with Gasteiger partial charge in [-0.2, -0.15) is 5.10 Å². The molecule has 1 aliphatic carbocycles. The summed E-state index contributed by atoms with van der Waals surface area (Å²) in [6, 6.07) is 0.431. The van der Waals surface area contributed by atoms with E-state index in [4.69, 9.17) is 4.74 Å². The van der Waals surface area contributed by atoms with E-state index in [2.05, 4.69) is 23.5 Å². The van der Waals surface area contributed by atoms with Crippen molar-refractivity contribution >= 4 is 0 Å². The minimum Gasteiger partial charge on any atom is -0.375 e. The Labute approximate surface area is 128 Å². The Morgan fingerprint density at radius 1 is 1.48 bits per heavy atom. The van der Waals surface area contributed by atoms with Gasteiger partial charge in [-0.1, -0.05) is 19.8 Å². The Hall–Kier alpha value is -0.870. The summed E-state index contributed by atoms with van der Waals surface area (Å²) in [6.45, 7) is 4.23. The predicted octanol–water partition coefficient (Wildman–Crippen LogP) is 3.20. The molecule has 4 nitrogen and oxygen atoms in total. The van der Waals surface area contributed by atoms with Crippen LogP contribution in [-0.4, -0.2) is 28.5 Å². The molecule has 0 radical (unpaired) electrons. The summed E-state index contributed by atoms with van der Waals surface area (Å²) >= 11 is 0. The second-order valence-corrected chi connectivity index (χ2v) is 6.87. The Morgan fingerprint density at radius 3 is 2.95 bits per heavy atom. The smallest absolute Gasteiger partial charge is 0.0686 e. The van der Waals surface area contributed by atoms with Crippen molar-refractivity contribution in [2.24, 2.45) is 13.0 Å². The first-order valence-electron chi connectivity index (χ1n) is 8.58. The molecule has 1 saturated heterocycles. The summed E-state index contributed by atoms with van der Waals surface area (Å²) in [5.41, 5.74) is 1.53. The number of nitrogens with zero attached hydrogens (tertiary/aromatic N) is 2. The second kappa shape index (κ2) is 6.49. The van der Waals surface area contributed by atoms with Gasteiger partial charge in [-0.05, 0) is 44.6 Å². The van der Waals surface area contributed by atoms with E-state index in [1.807, 2.05) is 17.9 Å². The summed E-state index contributed by atoms with van der Waals surface area (Å²) in [5.74, 6) is 0.674. The standard InChI is InChI=1S/C17H29N3O/c1-3-9-18-16(15-12-19-20(2)13-15)14-6-10-21-17(11-14)7-4-5-8-17/h12-14,16,18H,3-11H2,1-2H3. The Kier molecular flexibility index (Phi) is 4.65. The van der Waals surface area contributed by atoms with Gasteiger partial charge in [-0.25, -0.2) is 0 Å². The number of aryl methyl sites for hydroxylation is 1. The molecule has 21 heavy (non-hydrogen) atoms. The molecule has 0 aromatic carbocycles. The van der Waals surface area contributed by atoms with Gasteiger partial charge in [0, 0.05) is 31.5 Å². The van der Waals surface area contributed by atoms with E-state index in [0.717, 1.165) is 19.6 Å². The van der Waals surface area contributed by atoms with Crippen LogP contribution in [0.3, 0.4) is 0 Å². The zero-order valence-corrected chi connectivity index (χ0v) is 13.5. The van der Waals surface area contributed by atoms with Crippen LogP contribution in [0.15, 0.2) is 12.4 Å². The summed E-state index contributed by atoms with van der Waals surface area (Å²) < 4.78 is 8.12. The highest BCUT2D eigenvalue weighted by Gasteiger charge is 2.42. The highest BCUT2D eigenvalue weighted by atomic mass is 16.5. The maximum Gasteiger partial charge on any atom is 0.0686 e. The number of hydrogen-bond donors (Lipinski definition) is 1. The van der Waals surface area contributed by atoms with Crippen LogP contribution in [0.1, 0.15) is 63.5 Å². The molecule has 1 N–H and O–H groups in total. The van der Waals surface area contributed by atoms with Gasteiger partial charge in [-0.15, -0.1) is 0 Å². The lowest BCUT2D eigenvalue weighted by molar-refractivity contribution is -0.0982. The van der Waals surface area contributed by atoms with Crippen LogP contribution in [0, 0.1) is 5.92 Å². The first-order chi connectivity index (χ1) is 10.2. The third-order valence-corrected chi connectivity index (χ3v) is 5.22. The average Bonchev–Trinajstić information content (AvgIpc) is 3.10. The van der Waals surface area contributed by atoms with E-state index in [0.29, 0.717) is 12.0 Å². The van der Waals surface area contributed by atoms with Crippen molar-refractivity contribution in [3.8, 4) is 0 Å². The molecule has 1 aromatic rings. The zero-order chi connectivity index (χ0) is 14.7. The van der Waals surface area contributed by atoms with E-state index >= 15 is 0 Å². The Morgan fingerprint density at radius 2 is 2.29 bits per heavy atom. The van der Waals surface area contributed by atoms with Crippen molar-refractivity contribution in [1.82, 2.24) is 15.1 Å². The van der Waals surface area contributed by atoms with Gasteiger partial charge in [0.25, 0.3) is 0 Å². The molecule has 0 amide bonds. The van der Waals surface area contributed by atoms with Gasteiger partial charge in [0.15, 0.2) is 0 Å². The van der Waals surface area contributed by atoms with Crippen LogP contribution in [0.25, 0.3) is 0 Å². The fourth-order valence-electron chi connectivity index (χ4n) is 4.18. The molecule has 2 heterocycles. The second-order valence-electron chi connectivity index (χ2n) is 6.87. The topological polar surface area (TPSA) is 39.1 Å². The highest BCUT2D eigenvalue weighted by Crippen LogP contribution is 2.45. The summed E-state index contributed by atoms with van der Waals surface area (Å²) in [7, 11) is 2.00. The van der Waals surface area contributed by atoms with E-state index in [1.165, 1.54) is 44.1 Å². The summed E-state index contributed by atoms with van der Waals surface area (Å²) in [6.07, 6.45) is 13.0. The van der Waals surface area contributed by atoms with Gasteiger partial charge in [0.05, 0.1) is 11.8 Å². The third-order valence-electron chi connectivity index (χ3n) is 5.22. The lowest BCUT2D eigenvalue weighted by atomic mass is 9.79. The lowest BCUT2D eigenvalue weighted by Crippen LogP contribution is -2.42. The molecule has 4 heteroatoms. The predicted molar refractivity (Wildman–Crippen MR) is 84.1 cm³/mol. The first kappa shape index (κ1) is 15.0. The Bertz CT molecular complexity index is 451. The first-order valence-corrected chi connectivity index (χ1v) is 8.58. The quantitative estimate of drug-likeness (QED) is 0.905. The maximum atomic E-state index is 6.20. The van der Waals surface area contributed by atoms with Crippen LogP contribution < -0.4 is 5.32 Å². The number of rotatable bonds is 5. The molecule has 2 aliphatic rings. The molecule has 0 bridgehead atoms. The fourth-order valence-corrected chi connectivity index (χ4v) is 4.18. The molecule has 3 rings (SSSR count). The van der Waals surface area contributed by atoms with Gasteiger partial charge in [-0.3, -0.25) is 4.68 Å². The van der Waals surface area contributed by atoms with Gasteiger partial charge >= 0.3 is 0 Å². The van der Waals surface area contributed by atoms with Crippen molar-refractivity contribution in [2.75, 3.05) is 13.2 Å². The summed E-state index contributed by atoms with van der Waals surface area (Å²) in [4.78, 5) is 0. The zero-order valence-electron chi connectivity index (χ0n) is 13.5. The van der Waals surface area contributed by atoms with Crippen molar-refractivity contribution in [3.63, 3.8) is 0 Å². The molecule has 2 fully saturated rings. The SMILES string of the molecule is CCCNC(c1cnn(C)c1)C1CCOC2(CCCC2)C1. The van der Waals surface area contributed by atoms with Crippen LogP contribution in [0.5, 0.6) is 0 Å². The van der Waals surface area contributed by atoms with Crippen LogP contribution in [0.2, 0.25) is 0 Å². The van der Waals surface area contributed by atoms with E-state index in [-0.39, 0.29) is 5.60 Å². The molecule has 2 unspecified atom stereocenters. The van der Waals surface area contributed by atoms with Crippen molar-refractivity contribution in [2.45, 2.75) is 63.5 Å². The van der Waals surface area contributed by atoms with Crippen LogP contribution in [-0.2, 0) is 11.8 Å². The van der Waals surface area contributed by atoms with Crippen LogP contribution in [0.4, 0.5) is 0 Å². The van der Waals surface area contributed by atoms with Gasteiger partial charge in [0.2, 0.25) is 0 Å².